The second kappa shape index (κ2) is 13.0. The SMILES string of the molecule is CN(C)CCNC(=O)CC(Cc1ccccc1)NC(=O)Nc1ccc(Oc2ccccc2)cc1. The third-order valence-corrected chi connectivity index (χ3v) is 5.06. The fourth-order valence-corrected chi connectivity index (χ4v) is 3.37. The van der Waals surface area contributed by atoms with Gasteiger partial charge < -0.3 is 25.6 Å². The smallest absolute Gasteiger partial charge is 0.319 e. The Hall–Kier alpha value is -3.84. The van der Waals surface area contributed by atoms with Crippen LogP contribution >= 0.6 is 0 Å². The van der Waals surface area contributed by atoms with Gasteiger partial charge in [-0.25, -0.2) is 4.79 Å². The molecule has 0 aromatic heterocycles. The monoisotopic (exact) mass is 460 g/mol. The molecule has 1 unspecified atom stereocenters. The molecule has 0 aliphatic heterocycles. The van der Waals surface area contributed by atoms with Crippen molar-refractivity contribution in [1.82, 2.24) is 15.5 Å². The summed E-state index contributed by atoms with van der Waals surface area (Å²) in [5.41, 5.74) is 1.68. The quantitative estimate of drug-likeness (QED) is 0.399. The van der Waals surface area contributed by atoms with Crippen molar-refractivity contribution < 1.29 is 14.3 Å². The van der Waals surface area contributed by atoms with Crippen LogP contribution in [0.5, 0.6) is 11.5 Å². The van der Waals surface area contributed by atoms with E-state index in [0.717, 1.165) is 17.9 Å². The van der Waals surface area contributed by atoms with Crippen LogP contribution in [0.15, 0.2) is 84.9 Å². The first-order valence-corrected chi connectivity index (χ1v) is 11.3. The average Bonchev–Trinajstić information content (AvgIpc) is 2.81. The maximum absolute atomic E-state index is 12.7. The number of urea groups is 1. The van der Waals surface area contributed by atoms with Gasteiger partial charge in [-0.1, -0.05) is 48.5 Å². The van der Waals surface area contributed by atoms with Gasteiger partial charge in [0, 0.05) is 31.2 Å². The van der Waals surface area contributed by atoms with Crippen molar-refractivity contribution in [1.29, 1.82) is 0 Å². The molecule has 7 nitrogen and oxygen atoms in total. The zero-order valence-electron chi connectivity index (χ0n) is 19.7. The van der Waals surface area contributed by atoms with Gasteiger partial charge in [-0.2, -0.15) is 0 Å². The van der Waals surface area contributed by atoms with E-state index in [1.807, 2.05) is 79.7 Å². The summed E-state index contributed by atoms with van der Waals surface area (Å²) < 4.78 is 5.78. The van der Waals surface area contributed by atoms with Gasteiger partial charge in [0.15, 0.2) is 0 Å². The number of anilines is 1. The number of rotatable bonds is 11. The Kier molecular flexibility index (Phi) is 9.49. The largest absolute Gasteiger partial charge is 0.457 e. The van der Waals surface area contributed by atoms with Crippen molar-refractivity contribution in [3.05, 3.63) is 90.5 Å². The molecule has 3 amide bonds. The number of carbonyl (C=O) groups excluding carboxylic acids is 2. The third kappa shape index (κ3) is 8.96. The van der Waals surface area contributed by atoms with E-state index < -0.39 is 0 Å². The standard InChI is InChI=1S/C27H32N4O3/c1-31(2)18-17-28-26(32)20-23(19-21-9-5-3-6-10-21)30-27(33)29-22-13-15-25(16-14-22)34-24-11-7-4-8-12-24/h3-16,23H,17-20H2,1-2H3,(H,28,32)(H2,29,30,33). The Morgan fingerprint density at radius 1 is 0.853 bits per heavy atom. The van der Waals surface area contributed by atoms with Crippen molar-refractivity contribution >= 4 is 17.6 Å². The van der Waals surface area contributed by atoms with E-state index in [1.165, 1.54) is 0 Å². The number of amides is 3. The first-order chi connectivity index (χ1) is 16.5. The van der Waals surface area contributed by atoms with Crippen LogP contribution in [-0.4, -0.2) is 50.1 Å². The molecule has 0 heterocycles. The van der Waals surface area contributed by atoms with Crippen LogP contribution in [0.1, 0.15) is 12.0 Å². The van der Waals surface area contributed by atoms with Crippen LogP contribution in [0.2, 0.25) is 0 Å². The minimum atomic E-state index is -0.362. The van der Waals surface area contributed by atoms with Crippen molar-refractivity contribution in [3.8, 4) is 11.5 Å². The van der Waals surface area contributed by atoms with Crippen LogP contribution in [0, 0.1) is 0 Å². The number of nitrogens with one attached hydrogen (secondary N) is 3. The predicted octanol–water partition coefficient (Wildman–Crippen LogP) is 4.28. The molecule has 0 fully saturated rings. The Morgan fingerprint density at radius 2 is 1.47 bits per heavy atom. The molecule has 0 saturated heterocycles. The second-order valence-corrected chi connectivity index (χ2v) is 8.28. The molecule has 34 heavy (non-hydrogen) atoms. The van der Waals surface area contributed by atoms with E-state index >= 15 is 0 Å². The van der Waals surface area contributed by atoms with E-state index in [9.17, 15) is 9.59 Å². The highest BCUT2D eigenvalue weighted by molar-refractivity contribution is 5.90. The number of benzene rings is 3. The summed E-state index contributed by atoms with van der Waals surface area (Å²) in [6.45, 7) is 1.32. The highest BCUT2D eigenvalue weighted by Gasteiger charge is 2.17. The molecular formula is C27H32N4O3. The van der Waals surface area contributed by atoms with Crippen LogP contribution < -0.4 is 20.7 Å². The Balaban J connectivity index is 1.56. The van der Waals surface area contributed by atoms with Gasteiger partial charge in [0.05, 0.1) is 0 Å². The molecule has 3 rings (SSSR count). The molecule has 0 bridgehead atoms. The van der Waals surface area contributed by atoms with Gasteiger partial charge in [0.1, 0.15) is 11.5 Å². The van der Waals surface area contributed by atoms with Crippen LogP contribution in [0.4, 0.5) is 10.5 Å². The zero-order chi connectivity index (χ0) is 24.2. The summed E-state index contributed by atoms with van der Waals surface area (Å²) in [4.78, 5) is 27.1. The summed E-state index contributed by atoms with van der Waals surface area (Å²) in [7, 11) is 3.91. The van der Waals surface area contributed by atoms with Crippen LogP contribution in [0.3, 0.4) is 0 Å². The normalized spacial score (nSPS) is 11.5. The van der Waals surface area contributed by atoms with Crippen LogP contribution in [0.25, 0.3) is 0 Å². The number of ether oxygens (including phenoxy) is 1. The third-order valence-electron chi connectivity index (χ3n) is 5.06. The molecule has 7 heteroatoms. The topological polar surface area (TPSA) is 82.7 Å². The number of likely N-dealkylation sites (N-methyl/N-ethyl adjacent to an activating group) is 1. The fraction of sp³-hybridized carbons (Fsp3) is 0.259. The lowest BCUT2D eigenvalue weighted by molar-refractivity contribution is -0.121. The number of nitrogens with zero attached hydrogens (tertiary/aromatic N) is 1. The predicted molar refractivity (Wildman–Crippen MR) is 135 cm³/mol. The Labute approximate surface area is 201 Å². The molecular weight excluding hydrogens is 428 g/mol. The van der Waals surface area contributed by atoms with Crippen molar-refractivity contribution in [2.75, 3.05) is 32.5 Å². The maximum atomic E-state index is 12.7. The number of para-hydroxylation sites is 1. The Morgan fingerprint density at radius 3 is 2.12 bits per heavy atom. The van der Waals surface area contributed by atoms with E-state index in [1.54, 1.807) is 24.3 Å². The minimum absolute atomic E-state index is 0.0921. The zero-order valence-corrected chi connectivity index (χ0v) is 19.7. The lowest BCUT2D eigenvalue weighted by Crippen LogP contribution is -2.43. The van der Waals surface area contributed by atoms with Gasteiger partial charge >= 0.3 is 6.03 Å². The van der Waals surface area contributed by atoms with E-state index in [4.69, 9.17) is 4.74 Å². The molecule has 3 aromatic rings. The molecule has 0 aliphatic rings. The molecule has 0 spiro atoms. The molecule has 0 saturated carbocycles. The molecule has 3 aromatic carbocycles. The summed E-state index contributed by atoms with van der Waals surface area (Å²) in [6, 6.07) is 25.7. The number of hydrogen-bond acceptors (Lipinski definition) is 4. The van der Waals surface area contributed by atoms with Crippen molar-refractivity contribution in [3.63, 3.8) is 0 Å². The molecule has 1 atom stereocenters. The lowest BCUT2D eigenvalue weighted by atomic mass is 10.0. The summed E-state index contributed by atoms with van der Waals surface area (Å²) in [5, 5.41) is 8.70. The number of hydrogen-bond donors (Lipinski definition) is 3. The molecule has 3 N–H and O–H groups in total. The van der Waals surface area contributed by atoms with Gasteiger partial charge in [-0.05, 0) is 62.5 Å². The highest BCUT2D eigenvalue weighted by Crippen LogP contribution is 2.22. The van der Waals surface area contributed by atoms with E-state index in [-0.39, 0.29) is 24.4 Å². The van der Waals surface area contributed by atoms with Crippen molar-refractivity contribution in [2.24, 2.45) is 0 Å². The summed E-state index contributed by atoms with van der Waals surface area (Å²) in [5.74, 6) is 1.33. The molecule has 178 valence electrons. The van der Waals surface area contributed by atoms with Crippen LogP contribution in [-0.2, 0) is 11.2 Å². The molecule has 0 aliphatic carbocycles. The van der Waals surface area contributed by atoms with Crippen molar-refractivity contribution in [2.45, 2.75) is 18.9 Å². The van der Waals surface area contributed by atoms with Gasteiger partial charge in [-0.3, -0.25) is 4.79 Å². The average molecular weight is 461 g/mol. The number of carbonyl (C=O) groups is 2. The van der Waals surface area contributed by atoms with E-state index in [2.05, 4.69) is 16.0 Å². The summed E-state index contributed by atoms with van der Waals surface area (Å²) >= 11 is 0. The second-order valence-electron chi connectivity index (χ2n) is 8.28. The fourth-order valence-electron chi connectivity index (χ4n) is 3.37. The van der Waals surface area contributed by atoms with E-state index in [0.29, 0.717) is 24.4 Å². The molecule has 0 radical (unpaired) electrons. The Bertz CT molecular complexity index is 1020. The van der Waals surface area contributed by atoms with Gasteiger partial charge in [0.2, 0.25) is 5.91 Å². The summed E-state index contributed by atoms with van der Waals surface area (Å²) in [6.07, 6.45) is 0.749. The minimum Gasteiger partial charge on any atom is -0.457 e. The highest BCUT2D eigenvalue weighted by atomic mass is 16.5. The van der Waals surface area contributed by atoms with Gasteiger partial charge in [-0.15, -0.1) is 0 Å². The first-order valence-electron chi connectivity index (χ1n) is 11.3. The lowest BCUT2D eigenvalue weighted by Gasteiger charge is -2.20. The van der Waals surface area contributed by atoms with Gasteiger partial charge in [0.25, 0.3) is 0 Å². The first kappa shape index (κ1) is 24.8. The maximum Gasteiger partial charge on any atom is 0.319 e.